The average Bonchev–Trinajstić information content (AvgIpc) is 3.30. The summed E-state index contributed by atoms with van der Waals surface area (Å²) in [5.41, 5.74) is 5.86. The summed E-state index contributed by atoms with van der Waals surface area (Å²) in [5, 5.41) is 5.39. The molecular formula is C28H23Cl2Zr. The van der Waals surface area contributed by atoms with E-state index >= 15 is 0 Å². The van der Waals surface area contributed by atoms with Crippen molar-refractivity contribution in [2.75, 3.05) is 0 Å². The van der Waals surface area contributed by atoms with E-state index < -0.39 is 0 Å². The molecule has 5 aromatic carbocycles. The van der Waals surface area contributed by atoms with Crippen LogP contribution in [0, 0.1) is 0 Å². The second-order valence-corrected chi connectivity index (χ2v) is 7.45. The minimum absolute atomic E-state index is 0. The van der Waals surface area contributed by atoms with Crippen LogP contribution in [0.25, 0.3) is 32.7 Å². The van der Waals surface area contributed by atoms with Crippen molar-refractivity contribution < 1.29 is 51.0 Å². The molecule has 1 radical (unpaired) electrons. The van der Waals surface area contributed by atoms with E-state index in [0.29, 0.717) is 5.92 Å². The first-order chi connectivity index (χ1) is 13.9. The molecule has 0 heterocycles. The van der Waals surface area contributed by atoms with E-state index in [1.54, 1.807) is 0 Å². The maximum Gasteiger partial charge on any atom is 3.00 e. The molecule has 1 aliphatic carbocycles. The van der Waals surface area contributed by atoms with Gasteiger partial charge in [0, 0.05) is 5.92 Å². The SMILES string of the molecule is CCC1c2ccccc2-c2ccccc21.[Cl-].[Cl-].[Zr+3].c1ccc2c(c1)[cH-]c1ccccc12. The van der Waals surface area contributed by atoms with Crippen molar-refractivity contribution in [1.82, 2.24) is 0 Å². The van der Waals surface area contributed by atoms with Gasteiger partial charge in [0.1, 0.15) is 0 Å². The predicted molar refractivity (Wildman–Crippen MR) is 121 cm³/mol. The number of rotatable bonds is 1. The largest absolute Gasteiger partial charge is 3.00 e. The molecule has 0 fully saturated rings. The minimum atomic E-state index is 0. The first-order valence-electron chi connectivity index (χ1n) is 10.1. The topological polar surface area (TPSA) is 0 Å². The molecule has 153 valence electrons. The van der Waals surface area contributed by atoms with Crippen molar-refractivity contribution in [1.29, 1.82) is 0 Å². The number of hydrogen-bond donors (Lipinski definition) is 0. The Morgan fingerprint density at radius 2 is 0.968 bits per heavy atom. The van der Waals surface area contributed by atoms with Gasteiger partial charge >= 0.3 is 26.2 Å². The standard InChI is InChI=1S/C15H14.C13H9.2ClH.Zr/c1-2-11-12-7-3-5-9-14(12)15-10-6-4-8-13(11)15;1-3-7-12-10(5-1)9-11-6-2-4-8-13(11)12;;;/h3-11H,2H2,1H3;1-9H;2*1H;/q;-1;;;+3/p-2. The molecule has 6 rings (SSSR count). The average molecular weight is 522 g/mol. The van der Waals surface area contributed by atoms with Gasteiger partial charge < -0.3 is 24.8 Å². The van der Waals surface area contributed by atoms with E-state index in [-0.39, 0.29) is 51.0 Å². The van der Waals surface area contributed by atoms with Gasteiger partial charge in [0.15, 0.2) is 0 Å². The van der Waals surface area contributed by atoms with Crippen LogP contribution >= 0.6 is 0 Å². The summed E-state index contributed by atoms with van der Waals surface area (Å²) in [6.07, 6.45) is 1.19. The van der Waals surface area contributed by atoms with Gasteiger partial charge in [0.05, 0.1) is 0 Å². The normalized spacial score (nSPS) is 11.3. The second kappa shape index (κ2) is 11.2. The molecule has 0 nitrogen and oxygen atoms in total. The zero-order valence-electron chi connectivity index (χ0n) is 17.4. The van der Waals surface area contributed by atoms with Crippen LogP contribution in [0.15, 0.2) is 103 Å². The Hall–Kier alpha value is -1.79. The maximum absolute atomic E-state index is 2.27. The van der Waals surface area contributed by atoms with Gasteiger partial charge in [-0.15, -0.1) is 39.7 Å². The van der Waals surface area contributed by atoms with E-state index in [0.717, 1.165) is 0 Å². The van der Waals surface area contributed by atoms with Gasteiger partial charge in [-0.2, -0.15) is 0 Å². The molecule has 0 saturated heterocycles. The molecule has 0 amide bonds. The van der Waals surface area contributed by atoms with Gasteiger partial charge in [-0.3, -0.25) is 0 Å². The van der Waals surface area contributed by atoms with Crippen LogP contribution in [0.2, 0.25) is 0 Å². The van der Waals surface area contributed by atoms with Crippen LogP contribution < -0.4 is 24.8 Å². The van der Waals surface area contributed by atoms with Crippen molar-refractivity contribution >= 4 is 21.5 Å². The quantitative estimate of drug-likeness (QED) is 0.296. The van der Waals surface area contributed by atoms with Crippen molar-refractivity contribution in [2.24, 2.45) is 0 Å². The molecule has 0 unspecified atom stereocenters. The molecule has 0 aliphatic heterocycles. The molecule has 3 heteroatoms. The van der Waals surface area contributed by atoms with Crippen molar-refractivity contribution in [3.8, 4) is 11.1 Å². The van der Waals surface area contributed by atoms with Crippen molar-refractivity contribution in [2.45, 2.75) is 19.3 Å². The number of hydrogen-bond acceptors (Lipinski definition) is 0. The Morgan fingerprint density at radius 3 is 1.42 bits per heavy atom. The summed E-state index contributed by atoms with van der Waals surface area (Å²) < 4.78 is 0. The van der Waals surface area contributed by atoms with Gasteiger partial charge in [0.2, 0.25) is 0 Å². The molecular weight excluding hydrogens is 498 g/mol. The number of fused-ring (bicyclic) bond motifs is 6. The molecule has 0 spiro atoms. The fraction of sp³-hybridized carbons (Fsp3) is 0.107. The third-order valence-electron chi connectivity index (χ3n) is 5.89. The predicted octanol–water partition coefficient (Wildman–Crippen LogP) is 1.93. The molecule has 1 aliphatic rings. The van der Waals surface area contributed by atoms with Crippen LogP contribution in [-0.4, -0.2) is 0 Å². The maximum atomic E-state index is 2.27. The van der Waals surface area contributed by atoms with Crippen LogP contribution in [0.4, 0.5) is 0 Å². The molecule has 0 bridgehead atoms. The molecule has 5 aromatic rings. The van der Waals surface area contributed by atoms with E-state index in [9.17, 15) is 0 Å². The molecule has 0 saturated carbocycles. The Labute approximate surface area is 216 Å². The number of halogens is 2. The van der Waals surface area contributed by atoms with Crippen molar-refractivity contribution in [3.05, 3.63) is 114 Å². The second-order valence-electron chi connectivity index (χ2n) is 7.45. The molecule has 31 heavy (non-hydrogen) atoms. The van der Waals surface area contributed by atoms with Gasteiger partial charge in [-0.1, -0.05) is 91.9 Å². The fourth-order valence-electron chi connectivity index (χ4n) is 4.60. The Balaban J connectivity index is 0.000000202. The Morgan fingerprint density at radius 1 is 0.581 bits per heavy atom. The summed E-state index contributed by atoms with van der Waals surface area (Å²) in [7, 11) is 0. The van der Waals surface area contributed by atoms with Crippen LogP contribution in [0.5, 0.6) is 0 Å². The van der Waals surface area contributed by atoms with Crippen LogP contribution in [-0.2, 0) is 26.2 Å². The third-order valence-corrected chi connectivity index (χ3v) is 5.89. The Bertz CT molecular complexity index is 1180. The summed E-state index contributed by atoms with van der Waals surface area (Å²) >= 11 is 0. The third kappa shape index (κ3) is 4.70. The Kier molecular flexibility index (Phi) is 9.19. The summed E-state index contributed by atoms with van der Waals surface area (Å²) in [4.78, 5) is 0. The van der Waals surface area contributed by atoms with Gasteiger partial charge in [-0.25, -0.2) is 0 Å². The molecule has 0 aromatic heterocycles. The zero-order valence-corrected chi connectivity index (χ0v) is 21.3. The molecule has 0 N–H and O–H groups in total. The van der Waals surface area contributed by atoms with Crippen LogP contribution in [0.3, 0.4) is 0 Å². The van der Waals surface area contributed by atoms with Crippen LogP contribution in [0.1, 0.15) is 30.4 Å². The summed E-state index contributed by atoms with van der Waals surface area (Å²) in [5.74, 6) is 0.609. The van der Waals surface area contributed by atoms with E-state index in [2.05, 4.69) is 110 Å². The van der Waals surface area contributed by atoms with Gasteiger partial charge in [-0.05, 0) is 28.7 Å². The summed E-state index contributed by atoms with van der Waals surface area (Å²) in [6.45, 7) is 2.27. The van der Waals surface area contributed by atoms with Gasteiger partial charge in [0.25, 0.3) is 0 Å². The summed E-state index contributed by atoms with van der Waals surface area (Å²) in [6, 6.07) is 36.8. The van der Waals surface area contributed by atoms with E-state index in [4.69, 9.17) is 0 Å². The monoisotopic (exact) mass is 519 g/mol. The van der Waals surface area contributed by atoms with E-state index in [1.807, 2.05) is 0 Å². The van der Waals surface area contributed by atoms with E-state index in [1.165, 1.54) is 50.2 Å². The molecule has 0 atom stereocenters. The van der Waals surface area contributed by atoms with Crippen molar-refractivity contribution in [3.63, 3.8) is 0 Å². The fourth-order valence-corrected chi connectivity index (χ4v) is 4.60. The minimum Gasteiger partial charge on any atom is -1.00 e. The first kappa shape index (κ1) is 25.5. The number of benzene rings is 4. The first-order valence-corrected chi connectivity index (χ1v) is 10.1. The zero-order chi connectivity index (χ0) is 18.9. The smallest absolute Gasteiger partial charge is 1.00 e.